The minimum absolute atomic E-state index is 0.144. The molecular formula is C17H28N2O3S. The van der Waals surface area contributed by atoms with Crippen LogP contribution >= 0.6 is 0 Å². The third-order valence-electron chi connectivity index (χ3n) is 3.66. The molecule has 0 aliphatic carbocycles. The summed E-state index contributed by atoms with van der Waals surface area (Å²) in [4.78, 5) is 12.1. The number of carbonyl (C=O) groups excluding carboxylic acids is 1. The highest BCUT2D eigenvalue weighted by Crippen LogP contribution is 2.17. The molecule has 1 aromatic rings. The van der Waals surface area contributed by atoms with Crippen LogP contribution in [0.5, 0.6) is 0 Å². The van der Waals surface area contributed by atoms with Gasteiger partial charge < -0.3 is 5.32 Å². The van der Waals surface area contributed by atoms with Crippen LogP contribution < -0.4 is 5.32 Å². The Bertz CT molecular complexity index is 595. The number of benzene rings is 1. The van der Waals surface area contributed by atoms with Gasteiger partial charge in [-0.15, -0.1) is 0 Å². The predicted molar refractivity (Wildman–Crippen MR) is 95.1 cm³/mol. The SMILES string of the molecule is CCCCCN(CC(=O)Nc1ccc(C(C)C)cc1)S(C)(=O)=O. The summed E-state index contributed by atoms with van der Waals surface area (Å²) in [6, 6.07) is 7.62. The van der Waals surface area contributed by atoms with Gasteiger partial charge in [-0.25, -0.2) is 8.42 Å². The molecule has 0 aliphatic rings. The summed E-state index contributed by atoms with van der Waals surface area (Å²) in [6.45, 7) is 6.50. The second-order valence-corrected chi connectivity index (χ2v) is 8.11. The first-order valence-electron chi connectivity index (χ1n) is 8.09. The number of sulfonamides is 1. The highest BCUT2D eigenvalue weighted by atomic mass is 32.2. The van der Waals surface area contributed by atoms with Crippen LogP contribution in [-0.4, -0.2) is 38.0 Å². The van der Waals surface area contributed by atoms with Crippen LogP contribution in [0.4, 0.5) is 5.69 Å². The second-order valence-electron chi connectivity index (χ2n) is 6.13. The molecule has 0 unspecified atom stereocenters. The molecule has 0 bridgehead atoms. The van der Waals surface area contributed by atoms with E-state index in [0.717, 1.165) is 25.5 Å². The van der Waals surface area contributed by atoms with E-state index in [1.807, 2.05) is 24.3 Å². The van der Waals surface area contributed by atoms with Gasteiger partial charge in [-0.05, 0) is 30.0 Å². The van der Waals surface area contributed by atoms with E-state index in [2.05, 4.69) is 26.1 Å². The lowest BCUT2D eigenvalue weighted by molar-refractivity contribution is -0.116. The number of rotatable bonds is 9. The Morgan fingerprint density at radius 2 is 1.78 bits per heavy atom. The maximum atomic E-state index is 12.1. The molecule has 130 valence electrons. The summed E-state index contributed by atoms with van der Waals surface area (Å²) in [5.74, 6) is 0.114. The third kappa shape index (κ3) is 7.14. The van der Waals surface area contributed by atoms with E-state index in [9.17, 15) is 13.2 Å². The van der Waals surface area contributed by atoms with E-state index in [0.29, 0.717) is 18.2 Å². The van der Waals surface area contributed by atoms with Gasteiger partial charge in [0.15, 0.2) is 0 Å². The number of carbonyl (C=O) groups is 1. The fourth-order valence-electron chi connectivity index (χ4n) is 2.21. The van der Waals surface area contributed by atoms with Gasteiger partial charge in [0.05, 0.1) is 12.8 Å². The van der Waals surface area contributed by atoms with Crippen LogP contribution in [0, 0.1) is 0 Å². The monoisotopic (exact) mass is 340 g/mol. The number of nitrogens with zero attached hydrogens (tertiary/aromatic N) is 1. The highest BCUT2D eigenvalue weighted by Gasteiger charge is 2.19. The van der Waals surface area contributed by atoms with Crippen LogP contribution in [-0.2, 0) is 14.8 Å². The Kier molecular flexibility index (Phi) is 7.72. The molecule has 0 fully saturated rings. The highest BCUT2D eigenvalue weighted by molar-refractivity contribution is 7.88. The molecule has 0 radical (unpaired) electrons. The van der Waals surface area contributed by atoms with Crippen molar-refractivity contribution in [2.45, 2.75) is 46.0 Å². The first kappa shape index (κ1) is 19.6. The predicted octanol–water partition coefficient (Wildman–Crippen LogP) is 3.20. The van der Waals surface area contributed by atoms with Gasteiger partial charge in [-0.2, -0.15) is 4.31 Å². The first-order valence-corrected chi connectivity index (χ1v) is 9.93. The van der Waals surface area contributed by atoms with Crippen molar-refractivity contribution in [3.05, 3.63) is 29.8 Å². The fraction of sp³-hybridized carbons (Fsp3) is 0.588. The van der Waals surface area contributed by atoms with Crippen molar-refractivity contribution in [1.82, 2.24) is 4.31 Å². The number of anilines is 1. The third-order valence-corrected chi connectivity index (χ3v) is 4.91. The topological polar surface area (TPSA) is 66.5 Å². The van der Waals surface area contributed by atoms with E-state index in [4.69, 9.17) is 0 Å². The largest absolute Gasteiger partial charge is 0.325 e. The summed E-state index contributed by atoms with van der Waals surface area (Å²) < 4.78 is 24.8. The molecule has 0 saturated carbocycles. The van der Waals surface area contributed by atoms with Crippen LogP contribution in [0.1, 0.15) is 51.5 Å². The van der Waals surface area contributed by atoms with Gasteiger partial charge in [0, 0.05) is 12.2 Å². The zero-order valence-electron chi connectivity index (χ0n) is 14.5. The summed E-state index contributed by atoms with van der Waals surface area (Å²) in [6.07, 6.45) is 3.86. The Hall–Kier alpha value is -1.40. The normalized spacial score (nSPS) is 11.9. The van der Waals surface area contributed by atoms with E-state index in [-0.39, 0.29) is 12.5 Å². The number of unbranched alkanes of at least 4 members (excludes halogenated alkanes) is 2. The Morgan fingerprint density at radius 1 is 1.17 bits per heavy atom. The molecule has 6 heteroatoms. The van der Waals surface area contributed by atoms with Crippen LogP contribution in [0.3, 0.4) is 0 Å². The lowest BCUT2D eigenvalue weighted by Crippen LogP contribution is -2.38. The van der Waals surface area contributed by atoms with Crippen LogP contribution in [0.2, 0.25) is 0 Å². The number of hydrogen-bond acceptors (Lipinski definition) is 3. The standard InChI is InChI=1S/C17H28N2O3S/c1-5-6-7-12-19(23(4,21)22)13-17(20)18-16-10-8-15(9-11-16)14(2)3/h8-11,14H,5-7,12-13H2,1-4H3,(H,18,20). The maximum absolute atomic E-state index is 12.1. The Labute approximate surface area is 140 Å². The summed E-state index contributed by atoms with van der Waals surface area (Å²) >= 11 is 0. The van der Waals surface area contributed by atoms with Gasteiger partial charge in [0.2, 0.25) is 15.9 Å². The van der Waals surface area contributed by atoms with Gasteiger partial charge >= 0.3 is 0 Å². The molecule has 0 atom stereocenters. The van der Waals surface area contributed by atoms with Crippen molar-refractivity contribution in [3.8, 4) is 0 Å². The lowest BCUT2D eigenvalue weighted by atomic mass is 10.0. The second kappa shape index (κ2) is 9.03. The minimum atomic E-state index is -3.38. The Balaban J connectivity index is 2.64. The van der Waals surface area contributed by atoms with Crippen LogP contribution in [0.25, 0.3) is 0 Å². The van der Waals surface area contributed by atoms with Crippen molar-refractivity contribution in [2.24, 2.45) is 0 Å². The first-order chi connectivity index (χ1) is 10.7. The van der Waals surface area contributed by atoms with Crippen molar-refractivity contribution < 1.29 is 13.2 Å². The molecule has 5 nitrogen and oxygen atoms in total. The van der Waals surface area contributed by atoms with Gasteiger partial charge in [-0.3, -0.25) is 4.79 Å². The fourth-order valence-corrected chi connectivity index (χ4v) is 3.02. The average Bonchev–Trinajstić information content (AvgIpc) is 2.46. The van der Waals surface area contributed by atoms with E-state index >= 15 is 0 Å². The summed E-state index contributed by atoms with van der Waals surface area (Å²) in [5.41, 5.74) is 1.88. The average molecular weight is 340 g/mol. The molecule has 0 aromatic heterocycles. The van der Waals surface area contributed by atoms with Gasteiger partial charge in [0.1, 0.15) is 0 Å². The lowest BCUT2D eigenvalue weighted by Gasteiger charge is -2.19. The molecule has 1 rings (SSSR count). The molecule has 23 heavy (non-hydrogen) atoms. The molecule has 1 N–H and O–H groups in total. The smallest absolute Gasteiger partial charge is 0.239 e. The minimum Gasteiger partial charge on any atom is -0.325 e. The molecule has 0 spiro atoms. The summed E-state index contributed by atoms with van der Waals surface area (Å²) in [7, 11) is -3.38. The van der Waals surface area contributed by atoms with Gasteiger partial charge in [-0.1, -0.05) is 45.7 Å². The number of amides is 1. The van der Waals surface area contributed by atoms with E-state index in [1.54, 1.807) is 0 Å². The summed E-state index contributed by atoms with van der Waals surface area (Å²) in [5, 5.41) is 2.76. The number of nitrogens with one attached hydrogen (secondary N) is 1. The number of hydrogen-bond donors (Lipinski definition) is 1. The quantitative estimate of drug-likeness (QED) is 0.702. The molecule has 0 aliphatic heterocycles. The molecule has 0 saturated heterocycles. The maximum Gasteiger partial charge on any atom is 0.239 e. The van der Waals surface area contributed by atoms with E-state index < -0.39 is 10.0 Å². The van der Waals surface area contributed by atoms with Crippen molar-refractivity contribution in [3.63, 3.8) is 0 Å². The zero-order valence-corrected chi connectivity index (χ0v) is 15.3. The van der Waals surface area contributed by atoms with Crippen molar-refractivity contribution >= 4 is 21.6 Å². The zero-order chi connectivity index (χ0) is 17.5. The van der Waals surface area contributed by atoms with Crippen LogP contribution in [0.15, 0.2) is 24.3 Å². The molecule has 1 aromatic carbocycles. The molecular weight excluding hydrogens is 312 g/mol. The molecule has 1 amide bonds. The van der Waals surface area contributed by atoms with Gasteiger partial charge in [0.25, 0.3) is 0 Å². The van der Waals surface area contributed by atoms with Crippen molar-refractivity contribution in [2.75, 3.05) is 24.7 Å². The van der Waals surface area contributed by atoms with Crippen molar-refractivity contribution in [1.29, 1.82) is 0 Å². The van der Waals surface area contributed by atoms with E-state index in [1.165, 1.54) is 9.87 Å². The Morgan fingerprint density at radius 3 is 2.26 bits per heavy atom. The molecule has 0 heterocycles.